The predicted octanol–water partition coefficient (Wildman–Crippen LogP) is 2.50. The van der Waals surface area contributed by atoms with Gasteiger partial charge in [0, 0.05) is 28.9 Å². The van der Waals surface area contributed by atoms with Gasteiger partial charge in [-0.15, -0.1) is 11.3 Å². The summed E-state index contributed by atoms with van der Waals surface area (Å²) in [5, 5.41) is 13.8. The van der Waals surface area contributed by atoms with Crippen molar-refractivity contribution in [3.8, 4) is 6.07 Å². The molecule has 76 valence electrons. The lowest BCUT2D eigenvalue weighted by Crippen LogP contribution is -2.10. The molecular formula is C11H10N2OS. The molecule has 0 radical (unpaired) electrons. The second kappa shape index (κ2) is 4.78. The van der Waals surface area contributed by atoms with E-state index < -0.39 is 0 Å². The Kier molecular flexibility index (Phi) is 3.18. The highest BCUT2D eigenvalue weighted by molar-refractivity contribution is 7.10. The zero-order chi connectivity index (χ0) is 10.5. The van der Waals surface area contributed by atoms with Crippen molar-refractivity contribution in [2.24, 2.45) is 0 Å². The largest absolute Gasteiger partial charge is 0.472 e. The van der Waals surface area contributed by atoms with Crippen LogP contribution in [0.2, 0.25) is 0 Å². The topological polar surface area (TPSA) is 49.0 Å². The molecule has 2 aromatic rings. The fourth-order valence-corrected chi connectivity index (χ4v) is 2.03. The molecule has 15 heavy (non-hydrogen) atoms. The first-order valence-electron chi connectivity index (χ1n) is 4.58. The summed E-state index contributed by atoms with van der Waals surface area (Å²) < 4.78 is 4.96. The van der Waals surface area contributed by atoms with Gasteiger partial charge in [-0.1, -0.05) is 0 Å². The average Bonchev–Trinajstić information content (AvgIpc) is 2.88. The van der Waals surface area contributed by atoms with Gasteiger partial charge >= 0.3 is 0 Å². The van der Waals surface area contributed by atoms with Crippen molar-refractivity contribution in [3.05, 3.63) is 46.0 Å². The Labute approximate surface area is 92.0 Å². The van der Waals surface area contributed by atoms with Crippen LogP contribution in [0, 0.1) is 11.3 Å². The number of rotatable bonds is 4. The van der Waals surface area contributed by atoms with E-state index in [0.29, 0.717) is 0 Å². The number of nitriles is 1. The Morgan fingerprint density at radius 2 is 2.40 bits per heavy atom. The summed E-state index contributed by atoms with van der Waals surface area (Å²) >= 11 is 1.60. The molecule has 0 aliphatic rings. The van der Waals surface area contributed by atoms with Gasteiger partial charge in [-0.05, 0) is 12.1 Å². The molecule has 0 fully saturated rings. The van der Waals surface area contributed by atoms with Gasteiger partial charge in [0.2, 0.25) is 0 Å². The van der Waals surface area contributed by atoms with Crippen LogP contribution in [0.4, 0.5) is 0 Å². The van der Waals surface area contributed by atoms with E-state index in [9.17, 15) is 0 Å². The third kappa shape index (κ3) is 2.69. The number of hydrogen-bond donors (Lipinski definition) is 1. The smallest absolute Gasteiger partial charge is 0.100 e. The van der Waals surface area contributed by atoms with Crippen molar-refractivity contribution in [1.82, 2.24) is 5.32 Å². The highest BCUT2D eigenvalue weighted by Gasteiger charge is 1.99. The Balaban J connectivity index is 1.81. The van der Waals surface area contributed by atoms with E-state index in [-0.39, 0.29) is 0 Å². The van der Waals surface area contributed by atoms with Crippen LogP contribution in [-0.4, -0.2) is 0 Å². The maximum atomic E-state index is 8.65. The maximum Gasteiger partial charge on any atom is 0.100 e. The average molecular weight is 218 g/mol. The monoisotopic (exact) mass is 218 g/mol. The van der Waals surface area contributed by atoms with Crippen LogP contribution >= 0.6 is 11.3 Å². The van der Waals surface area contributed by atoms with Crippen molar-refractivity contribution in [3.63, 3.8) is 0 Å². The van der Waals surface area contributed by atoms with Crippen molar-refractivity contribution in [1.29, 1.82) is 5.26 Å². The van der Waals surface area contributed by atoms with Gasteiger partial charge in [0.15, 0.2) is 0 Å². The summed E-state index contributed by atoms with van der Waals surface area (Å²) in [5.74, 6) is 0. The summed E-state index contributed by atoms with van der Waals surface area (Å²) in [6.07, 6.45) is 3.39. The molecule has 1 N–H and O–H groups in total. The lowest BCUT2D eigenvalue weighted by molar-refractivity contribution is 0.560. The third-order valence-corrected chi connectivity index (χ3v) is 2.93. The summed E-state index contributed by atoms with van der Waals surface area (Å²) in [4.78, 5) is 1.18. The Hall–Kier alpha value is -1.57. The summed E-state index contributed by atoms with van der Waals surface area (Å²) in [6, 6.07) is 5.96. The van der Waals surface area contributed by atoms with Crippen LogP contribution in [0.1, 0.15) is 16.0 Å². The highest BCUT2D eigenvalue weighted by Crippen LogP contribution is 2.13. The number of furan rings is 1. The van der Waals surface area contributed by atoms with E-state index in [2.05, 4.69) is 11.4 Å². The SMILES string of the molecule is N#Cc1csc(CNCc2ccoc2)c1. The van der Waals surface area contributed by atoms with Gasteiger partial charge in [0.25, 0.3) is 0 Å². The van der Waals surface area contributed by atoms with Gasteiger partial charge in [0.05, 0.1) is 18.1 Å². The van der Waals surface area contributed by atoms with Crippen LogP contribution in [0.25, 0.3) is 0 Å². The van der Waals surface area contributed by atoms with E-state index in [0.717, 1.165) is 24.2 Å². The second-order valence-corrected chi connectivity index (χ2v) is 4.14. The molecule has 0 aliphatic heterocycles. The van der Waals surface area contributed by atoms with Crippen LogP contribution < -0.4 is 5.32 Å². The normalized spacial score (nSPS) is 10.1. The molecule has 2 rings (SSSR count). The Bertz CT molecular complexity index is 453. The second-order valence-electron chi connectivity index (χ2n) is 3.15. The third-order valence-electron chi connectivity index (χ3n) is 1.99. The molecule has 0 unspecified atom stereocenters. The molecule has 0 amide bonds. The Morgan fingerprint density at radius 1 is 1.47 bits per heavy atom. The van der Waals surface area contributed by atoms with Crippen LogP contribution in [0.3, 0.4) is 0 Å². The summed E-state index contributed by atoms with van der Waals surface area (Å²) in [5.41, 5.74) is 1.87. The molecule has 0 aliphatic carbocycles. The van der Waals surface area contributed by atoms with Crippen LogP contribution in [0.5, 0.6) is 0 Å². The standard InChI is InChI=1S/C11H10N2OS/c12-4-10-3-11(15-8-10)6-13-5-9-1-2-14-7-9/h1-3,7-8,13H,5-6H2. The molecular weight excluding hydrogens is 208 g/mol. The molecule has 0 saturated carbocycles. The van der Waals surface area contributed by atoms with Crippen LogP contribution in [-0.2, 0) is 13.1 Å². The first-order chi connectivity index (χ1) is 7.38. The zero-order valence-electron chi connectivity index (χ0n) is 8.06. The fraction of sp³-hybridized carbons (Fsp3) is 0.182. The minimum Gasteiger partial charge on any atom is -0.472 e. The minimum atomic E-state index is 0.736. The maximum absolute atomic E-state index is 8.65. The molecule has 0 spiro atoms. The quantitative estimate of drug-likeness (QED) is 0.857. The van der Waals surface area contributed by atoms with Crippen molar-refractivity contribution >= 4 is 11.3 Å². The Morgan fingerprint density at radius 3 is 3.07 bits per heavy atom. The molecule has 0 atom stereocenters. The summed E-state index contributed by atoms with van der Waals surface area (Å²) in [6.45, 7) is 1.58. The van der Waals surface area contributed by atoms with E-state index in [4.69, 9.17) is 9.68 Å². The molecule has 3 nitrogen and oxygen atoms in total. The lowest BCUT2D eigenvalue weighted by Gasteiger charge is -1.99. The van der Waals surface area contributed by atoms with Gasteiger partial charge in [-0.25, -0.2) is 0 Å². The first kappa shape index (κ1) is 9.97. The first-order valence-corrected chi connectivity index (χ1v) is 5.46. The lowest BCUT2D eigenvalue weighted by atomic mass is 10.3. The predicted molar refractivity (Wildman–Crippen MR) is 58.3 cm³/mol. The van der Waals surface area contributed by atoms with E-state index >= 15 is 0 Å². The number of nitrogens with zero attached hydrogens (tertiary/aromatic N) is 1. The molecule has 4 heteroatoms. The number of nitrogens with one attached hydrogen (secondary N) is 1. The summed E-state index contributed by atoms with van der Waals surface area (Å²) in [7, 11) is 0. The molecule has 0 bridgehead atoms. The molecule has 0 aromatic carbocycles. The van der Waals surface area contributed by atoms with E-state index in [1.807, 2.05) is 17.5 Å². The van der Waals surface area contributed by atoms with E-state index in [1.165, 1.54) is 4.88 Å². The van der Waals surface area contributed by atoms with Crippen molar-refractivity contribution in [2.45, 2.75) is 13.1 Å². The minimum absolute atomic E-state index is 0.736. The highest BCUT2D eigenvalue weighted by atomic mass is 32.1. The zero-order valence-corrected chi connectivity index (χ0v) is 8.88. The van der Waals surface area contributed by atoms with Gasteiger partial charge in [-0.2, -0.15) is 5.26 Å². The van der Waals surface area contributed by atoms with Crippen LogP contribution in [0.15, 0.2) is 34.5 Å². The number of hydrogen-bond acceptors (Lipinski definition) is 4. The van der Waals surface area contributed by atoms with Crippen molar-refractivity contribution < 1.29 is 4.42 Å². The van der Waals surface area contributed by atoms with Gasteiger partial charge in [0.1, 0.15) is 6.07 Å². The van der Waals surface area contributed by atoms with E-state index in [1.54, 1.807) is 23.9 Å². The number of thiophene rings is 1. The molecule has 2 heterocycles. The molecule has 2 aromatic heterocycles. The fourth-order valence-electron chi connectivity index (χ4n) is 1.26. The molecule has 0 saturated heterocycles. The van der Waals surface area contributed by atoms with Crippen molar-refractivity contribution in [2.75, 3.05) is 0 Å². The van der Waals surface area contributed by atoms with Gasteiger partial charge in [-0.3, -0.25) is 0 Å². The van der Waals surface area contributed by atoms with Gasteiger partial charge < -0.3 is 9.73 Å².